The molecule has 0 aromatic carbocycles. The third-order valence-electron chi connectivity index (χ3n) is 0. The first kappa shape index (κ1) is 27.2. The van der Waals surface area contributed by atoms with Gasteiger partial charge < -0.3 is 8.33 Å². The van der Waals surface area contributed by atoms with Crippen LogP contribution in [-0.2, 0) is 49.8 Å². The predicted octanol–water partition coefficient (Wildman–Crippen LogP) is -0.986. The Kier molecular flexibility index (Phi) is 112. The van der Waals surface area contributed by atoms with Crippen LogP contribution in [-0.4, -0.2) is 54.4 Å². The maximum absolute atomic E-state index is 0. The maximum atomic E-state index is 0. The van der Waals surface area contributed by atoms with E-state index >= 15 is 0 Å². The van der Waals surface area contributed by atoms with Crippen LogP contribution in [0.5, 0.6) is 0 Å². The van der Waals surface area contributed by atoms with Gasteiger partial charge in [0, 0.05) is 49.8 Å². The fourth-order valence-electron chi connectivity index (χ4n) is 0. The summed E-state index contributed by atoms with van der Waals surface area (Å²) in [4.78, 5) is 0. The summed E-state index contributed by atoms with van der Waals surface area (Å²) >= 11 is 0. The van der Waals surface area contributed by atoms with E-state index < -0.39 is 0 Å². The van der Waals surface area contributed by atoms with Crippen molar-refractivity contribution >= 4 is 48.9 Å². The van der Waals surface area contributed by atoms with Crippen molar-refractivity contribution in [3.63, 3.8) is 0 Å². The van der Waals surface area contributed by atoms with E-state index in [1.807, 2.05) is 0 Å². The van der Waals surface area contributed by atoms with Gasteiger partial charge in [-0.1, -0.05) is 0 Å². The molecule has 0 bridgehead atoms. The quantitative estimate of drug-likeness (QED) is 0.515. The van der Waals surface area contributed by atoms with Gasteiger partial charge in [-0.2, -0.15) is 0 Å². The van der Waals surface area contributed by atoms with Crippen LogP contribution in [0.2, 0.25) is 0 Å². The Labute approximate surface area is 104 Å². The molecule has 0 unspecified atom stereocenters. The van der Waals surface area contributed by atoms with E-state index in [0.29, 0.717) is 0 Å². The van der Waals surface area contributed by atoms with E-state index in [1.54, 1.807) is 0 Å². The largest absolute Gasteiger partial charge is 2.00 e. The van der Waals surface area contributed by atoms with Gasteiger partial charge in [0.15, 0.2) is 0 Å². The molecular weight excluding hydrogens is 306 g/mol. The van der Waals surface area contributed by atoms with E-state index in [0.717, 1.165) is 0 Å². The van der Waals surface area contributed by atoms with Crippen LogP contribution >= 0.6 is 0 Å². The Morgan fingerprint density at radius 1 is 1.25 bits per heavy atom. The first-order valence-corrected chi connectivity index (χ1v) is 0. The third-order valence-corrected chi connectivity index (χ3v) is 0. The fraction of sp³-hybridized carbons (Fsp3) is 0. The van der Waals surface area contributed by atoms with Gasteiger partial charge in [-0.15, -0.1) is 0 Å². The van der Waals surface area contributed by atoms with Crippen LogP contribution in [0.25, 0.3) is 0 Å². The molecule has 1 nitrogen and oxygen atoms in total. The van der Waals surface area contributed by atoms with Gasteiger partial charge in [-0.3, -0.25) is 0 Å². The fourth-order valence-corrected chi connectivity index (χ4v) is 0. The summed E-state index contributed by atoms with van der Waals surface area (Å²) in [6, 6.07) is 0. The van der Waals surface area contributed by atoms with Crippen molar-refractivity contribution in [1.82, 2.24) is 0 Å². The SMILES string of the molecule is O.[Ba+2].[Cu].[H-].[H-].[Y]. The van der Waals surface area contributed by atoms with Crippen LogP contribution in [0.3, 0.4) is 0 Å². The Morgan fingerprint density at radius 3 is 1.25 bits per heavy atom. The van der Waals surface area contributed by atoms with E-state index in [-0.39, 0.29) is 107 Å². The Hall–Kier alpha value is 3.15. The van der Waals surface area contributed by atoms with Gasteiger partial charge in [0.25, 0.3) is 0 Å². The molecule has 0 saturated carbocycles. The molecule has 26 valence electrons. The second-order valence-corrected chi connectivity index (χ2v) is 0. The monoisotopic (exact) mass is 310 g/mol. The number of hydrogen-bond acceptors (Lipinski definition) is 0. The second-order valence-electron chi connectivity index (χ2n) is 0. The van der Waals surface area contributed by atoms with E-state index in [1.165, 1.54) is 0 Å². The van der Waals surface area contributed by atoms with Crippen molar-refractivity contribution in [2.75, 3.05) is 0 Å². The Balaban J connectivity index is 0. The maximum Gasteiger partial charge on any atom is 2.00 e. The topological polar surface area (TPSA) is 31.5 Å². The van der Waals surface area contributed by atoms with Gasteiger partial charge in [-0.05, 0) is 0 Å². The molecule has 0 aromatic heterocycles. The zero-order chi connectivity index (χ0) is 0. The van der Waals surface area contributed by atoms with Gasteiger partial charge in [0.05, 0.1) is 0 Å². The van der Waals surface area contributed by atoms with Crippen molar-refractivity contribution in [3.8, 4) is 0 Å². The van der Waals surface area contributed by atoms with Crippen LogP contribution in [0, 0.1) is 0 Å². The third kappa shape index (κ3) is 8.94. The summed E-state index contributed by atoms with van der Waals surface area (Å²) in [5.74, 6) is 0. The minimum absolute atomic E-state index is 0. The molecule has 0 rings (SSSR count). The number of rotatable bonds is 0. The summed E-state index contributed by atoms with van der Waals surface area (Å²) in [5.41, 5.74) is 0. The molecule has 0 atom stereocenters. The van der Waals surface area contributed by atoms with Crippen LogP contribution in [0.15, 0.2) is 0 Å². The average Bonchev–Trinajstić information content (AvgIpc) is 0. The first-order valence-electron chi connectivity index (χ1n) is 0. The van der Waals surface area contributed by atoms with Gasteiger partial charge >= 0.3 is 48.9 Å². The molecule has 0 aliphatic carbocycles. The molecule has 2 N–H and O–H groups in total. The molecule has 0 spiro atoms. The first-order chi connectivity index (χ1) is 0. The summed E-state index contributed by atoms with van der Waals surface area (Å²) in [7, 11) is 0. The van der Waals surface area contributed by atoms with E-state index in [9.17, 15) is 0 Å². The molecule has 0 aromatic rings. The standard InChI is InChI=1S/Ba.Cu.H2O.Y.2H/h;;1H2;;;/q+2;;;;2*-1. The van der Waals surface area contributed by atoms with Gasteiger partial charge in [-0.25, -0.2) is 0 Å². The van der Waals surface area contributed by atoms with Gasteiger partial charge in [0.1, 0.15) is 0 Å². The van der Waals surface area contributed by atoms with Crippen molar-refractivity contribution in [2.45, 2.75) is 0 Å². The average molecular weight is 310 g/mol. The second kappa shape index (κ2) is 16.4. The summed E-state index contributed by atoms with van der Waals surface area (Å²) in [5, 5.41) is 0. The molecule has 4 heteroatoms. The molecular formula is H4BaCuOY. The van der Waals surface area contributed by atoms with Crippen molar-refractivity contribution in [2.24, 2.45) is 0 Å². The molecule has 0 fully saturated rings. The normalized spacial score (nSPS) is 0. The molecule has 0 saturated heterocycles. The minimum atomic E-state index is 0. The molecule has 4 heavy (non-hydrogen) atoms. The van der Waals surface area contributed by atoms with E-state index in [4.69, 9.17) is 0 Å². The van der Waals surface area contributed by atoms with Crippen molar-refractivity contribution in [3.05, 3.63) is 0 Å². The summed E-state index contributed by atoms with van der Waals surface area (Å²) < 4.78 is 0. The smallest absolute Gasteiger partial charge is 1.00 e. The molecule has 2 radical (unpaired) electrons. The minimum Gasteiger partial charge on any atom is -1.00 e. The molecule has 0 amide bonds. The molecule has 0 aliphatic heterocycles. The Bertz CT molecular complexity index is 13.5. The van der Waals surface area contributed by atoms with Crippen molar-refractivity contribution < 1.29 is 58.1 Å². The summed E-state index contributed by atoms with van der Waals surface area (Å²) in [6.45, 7) is 0. The number of hydrogen-bond donors (Lipinski definition) is 0. The van der Waals surface area contributed by atoms with Crippen LogP contribution < -0.4 is 0 Å². The molecule has 0 heterocycles. The molecule has 0 aliphatic rings. The zero-order valence-electron chi connectivity index (χ0n) is 4.09. The van der Waals surface area contributed by atoms with Crippen LogP contribution in [0.1, 0.15) is 2.85 Å². The van der Waals surface area contributed by atoms with Crippen LogP contribution in [0.4, 0.5) is 0 Å². The van der Waals surface area contributed by atoms with Crippen molar-refractivity contribution in [1.29, 1.82) is 0 Å². The van der Waals surface area contributed by atoms with E-state index in [2.05, 4.69) is 0 Å². The zero-order valence-corrected chi connectivity index (χ0v) is 10.3. The predicted molar refractivity (Wildman–Crippen MR) is 11.6 cm³/mol. The Morgan fingerprint density at radius 2 is 1.25 bits per heavy atom. The summed E-state index contributed by atoms with van der Waals surface area (Å²) in [6.07, 6.45) is 0. The van der Waals surface area contributed by atoms with Gasteiger partial charge in [0.2, 0.25) is 0 Å².